The number of aromatic nitrogens is 2. The van der Waals surface area contributed by atoms with Crippen molar-refractivity contribution in [3.8, 4) is 11.5 Å². The van der Waals surface area contributed by atoms with E-state index in [1.807, 2.05) is 19.9 Å². The third kappa shape index (κ3) is 4.63. The van der Waals surface area contributed by atoms with Crippen LogP contribution in [0.25, 0.3) is 22.0 Å². The first kappa shape index (κ1) is 21.4. The Labute approximate surface area is 178 Å². The second-order valence-electron chi connectivity index (χ2n) is 6.20. The zero-order valence-electron chi connectivity index (χ0n) is 16.8. The number of hydrogen-bond donors (Lipinski definition) is 1. The van der Waals surface area contributed by atoms with Gasteiger partial charge >= 0.3 is 5.97 Å². The minimum absolute atomic E-state index is 0.183. The van der Waals surface area contributed by atoms with Gasteiger partial charge in [0.15, 0.2) is 17.3 Å². The van der Waals surface area contributed by atoms with Crippen molar-refractivity contribution >= 4 is 39.6 Å². The molecule has 0 spiro atoms. The van der Waals surface area contributed by atoms with Crippen molar-refractivity contribution in [2.75, 3.05) is 20.3 Å². The molecule has 0 aliphatic rings. The average molecular weight is 429 g/mol. The van der Waals surface area contributed by atoms with Crippen LogP contribution in [0.4, 0.5) is 0 Å². The Kier molecular flexibility index (Phi) is 6.74. The Morgan fingerprint density at radius 3 is 2.53 bits per heavy atom. The van der Waals surface area contributed by atoms with Gasteiger partial charge in [0.25, 0.3) is 5.56 Å². The van der Waals surface area contributed by atoms with E-state index in [9.17, 15) is 9.59 Å². The van der Waals surface area contributed by atoms with Crippen molar-refractivity contribution in [1.82, 2.24) is 9.97 Å². The zero-order chi connectivity index (χ0) is 21.7. The molecular formula is C22H21ClN2O5. The van der Waals surface area contributed by atoms with Gasteiger partial charge in [-0.25, -0.2) is 9.78 Å². The highest BCUT2D eigenvalue weighted by atomic mass is 35.5. The van der Waals surface area contributed by atoms with Crippen LogP contribution in [0.2, 0.25) is 0 Å². The second kappa shape index (κ2) is 9.45. The van der Waals surface area contributed by atoms with Crippen molar-refractivity contribution < 1.29 is 19.0 Å². The molecule has 0 aliphatic heterocycles. The number of methoxy groups -OCH3 is 1. The molecule has 0 atom stereocenters. The molecule has 30 heavy (non-hydrogen) atoms. The molecule has 3 rings (SSSR count). The summed E-state index contributed by atoms with van der Waals surface area (Å²) in [4.78, 5) is 31.3. The van der Waals surface area contributed by atoms with Crippen LogP contribution in [0.1, 0.15) is 35.6 Å². The number of aromatic amines is 1. The minimum atomic E-state index is -0.514. The summed E-state index contributed by atoms with van der Waals surface area (Å²) in [5.74, 6) is 0.906. The Balaban J connectivity index is 2.02. The first-order valence-electron chi connectivity index (χ1n) is 9.36. The molecular weight excluding hydrogens is 408 g/mol. The fourth-order valence-electron chi connectivity index (χ4n) is 2.87. The first-order valence-corrected chi connectivity index (χ1v) is 9.74. The molecule has 0 aliphatic carbocycles. The van der Waals surface area contributed by atoms with Gasteiger partial charge in [-0.15, -0.1) is 0 Å². The molecule has 0 saturated carbocycles. The third-order valence-corrected chi connectivity index (χ3v) is 4.50. The standard InChI is InChI=1S/C22H21ClN2O5/c1-4-29-18-9-6-13(11-19(18)30-5-2)10-16(23)20-24-17-12-14(22(27)28-3)7-8-15(17)21(26)25-20/h6-12H,4-5H2,1-3H3,(H,24,25,26)/b16-10+. The molecule has 0 amide bonds. The Hall–Kier alpha value is -3.32. The van der Waals surface area contributed by atoms with Gasteiger partial charge in [0, 0.05) is 0 Å². The summed E-state index contributed by atoms with van der Waals surface area (Å²) in [7, 11) is 1.29. The molecule has 0 fully saturated rings. The van der Waals surface area contributed by atoms with E-state index in [1.54, 1.807) is 18.2 Å². The fraction of sp³-hybridized carbons (Fsp3) is 0.227. The number of benzene rings is 2. The highest BCUT2D eigenvalue weighted by Gasteiger charge is 2.12. The summed E-state index contributed by atoms with van der Waals surface area (Å²) >= 11 is 6.44. The van der Waals surface area contributed by atoms with Crippen LogP contribution in [-0.4, -0.2) is 36.3 Å². The van der Waals surface area contributed by atoms with Gasteiger partial charge in [0.1, 0.15) is 0 Å². The summed E-state index contributed by atoms with van der Waals surface area (Å²) in [5.41, 5.74) is 1.02. The number of fused-ring (bicyclic) bond motifs is 1. The third-order valence-electron chi connectivity index (χ3n) is 4.21. The maximum absolute atomic E-state index is 12.4. The van der Waals surface area contributed by atoms with E-state index < -0.39 is 5.97 Å². The maximum Gasteiger partial charge on any atom is 0.337 e. The lowest BCUT2D eigenvalue weighted by atomic mass is 10.1. The van der Waals surface area contributed by atoms with Crippen LogP contribution < -0.4 is 15.0 Å². The molecule has 7 nitrogen and oxygen atoms in total. The molecule has 1 heterocycles. The van der Waals surface area contributed by atoms with Crippen molar-refractivity contribution in [1.29, 1.82) is 0 Å². The van der Waals surface area contributed by atoms with E-state index >= 15 is 0 Å². The Bertz CT molecular complexity index is 1170. The topological polar surface area (TPSA) is 90.5 Å². The lowest BCUT2D eigenvalue weighted by Crippen LogP contribution is -2.11. The number of nitrogens with one attached hydrogen (secondary N) is 1. The van der Waals surface area contributed by atoms with E-state index in [4.69, 9.17) is 25.8 Å². The van der Waals surface area contributed by atoms with Crippen LogP contribution in [0.3, 0.4) is 0 Å². The van der Waals surface area contributed by atoms with Gasteiger partial charge < -0.3 is 19.2 Å². The van der Waals surface area contributed by atoms with Gasteiger partial charge in [-0.1, -0.05) is 17.7 Å². The quantitative estimate of drug-likeness (QED) is 0.566. The van der Waals surface area contributed by atoms with Crippen LogP contribution in [0, 0.1) is 0 Å². The smallest absolute Gasteiger partial charge is 0.337 e. The van der Waals surface area contributed by atoms with Crippen molar-refractivity contribution in [2.24, 2.45) is 0 Å². The van der Waals surface area contributed by atoms with Crippen LogP contribution in [0.15, 0.2) is 41.2 Å². The molecule has 0 saturated heterocycles. The van der Waals surface area contributed by atoms with E-state index in [0.717, 1.165) is 5.56 Å². The number of H-pyrrole nitrogens is 1. The van der Waals surface area contributed by atoms with Crippen LogP contribution in [0.5, 0.6) is 11.5 Å². The molecule has 0 bridgehead atoms. The van der Waals surface area contributed by atoms with Crippen molar-refractivity contribution in [3.05, 3.63) is 63.7 Å². The maximum atomic E-state index is 12.4. The Morgan fingerprint density at radius 1 is 1.10 bits per heavy atom. The molecule has 8 heteroatoms. The van der Waals surface area contributed by atoms with Gasteiger partial charge in [-0.3, -0.25) is 4.79 Å². The number of nitrogens with zero attached hydrogens (tertiary/aromatic N) is 1. The lowest BCUT2D eigenvalue weighted by molar-refractivity contribution is 0.0601. The predicted octanol–water partition coefficient (Wildman–Crippen LogP) is 4.24. The van der Waals surface area contributed by atoms with Gasteiger partial charge in [-0.2, -0.15) is 0 Å². The van der Waals surface area contributed by atoms with Crippen molar-refractivity contribution in [2.45, 2.75) is 13.8 Å². The monoisotopic (exact) mass is 428 g/mol. The fourth-order valence-corrected chi connectivity index (χ4v) is 3.09. The lowest BCUT2D eigenvalue weighted by Gasteiger charge is -2.11. The summed E-state index contributed by atoms with van der Waals surface area (Å²) in [6.07, 6.45) is 1.66. The van der Waals surface area contributed by atoms with E-state index in [1.165, 1.54) is 25.3 Å². The number of ether oxygens (including phenoxy) is 3. The van der Waals surface area contributed by atoms with Gasteiger partial charge in [-0.05, 0) is 55.8 Å². The Morgan fingerprint density at radius 2 is 1.83 bits per heavy atom. The van der Waals surface area contributed by atoms with Crippen molar-refractivity contribution in [3.63, 3.8) is 0 Å². The van der Waals surface area contributed by atoms with E-state index in [0.29, 0.717) is 41.2 Å². The summed E-state index contributed by atoms with van der Waals surface area (Å²) in [6.45, 7) is 4.79. The van der Waals surface area contributed by atoms with Gasteiger partial charge in [0.05, 0.1) is 41.8 Å². The molecule has 1 N–H and O–H groups in total. The number of rotatable bonds is 7. The molecule has 1 aromatic heterocycles. The number of carbonyl (C=O) groups is 1. The minimum Gasteiger partial charge on any atom is -0.490 e. The highest BCUT2D eigenvalue weighted by molar-refractivity contribution is 6.50. The molecule has 156 valence electrons. The summed E-state index contributed by atoms with van der Waals surface area (Å²) < 4.78 is 15.9. The molecule has 0 unspecified atom stereocenters. The van der Waals surface area contributed by atoms with Crippen LogP contribution in [-0.2, 0) is 4.74 Å². The molecule has 0 radical (unpaired) electrons. The predicted molar refractivity (Wildman–Crippen MR) is 116 cm³/mol. The highest BCUT2D eigenvalue weighted by Crippen LogP contribution is 2.30. The number of halogens is 1. The largest absolute Gasteiger partial charge is 0.490 e. The van der Waals surface area contributed by atoms with E-state index in [-0.39, 0.29) is 16.4 Å². The first-order chi connectivity index (χ1) is 14.5. The number of hydrogen-bond acceptors (Lipinski definition) is 6. The summed E-state index contributed by atoms with van der Waals surface area (Å²) in [6, 6.07) is 9.95. The number of esters is 1. The zero-order valence-corrected chi connectivity index (χ0v) is 17.6. The van der Waals surface area contributed by atoms with Crippen LogP contribution >= 0.6 is 11.6 Å². The average Bonchev–Trinajstić information content (AvgIpc) is 2.74. The number of carbonyl (C=O) groups excluding carboxylic acids is 1. The molecule has 3 aromatic rings. The summed E-state index contributed by atoms with van der Waals surface area (Å²) in [5, 5.41) is 0.569. The second-order valence-corrected chi connectivity index (χ2v) is 6.61. The molecule has 2 aromatic carbocycles. The van der Waals surface area contributed by atoms with E-state index in [2.05, 4.69) is 9.97 Å². The van der Waals surface area contributed by atoms with Gasteiger partial charge in [0.2, 0.25) is 0 Å². The SMILES string of the molecule is CCOc1ccc(/C=C(/Cl)c2nc3cc(C(=O)OC)ccc3c(=O)[nH]2)cc1OCC. The normalized spacial score (nSPS) is 11.4.